The SMILES string of the molecule is CCCCn1c(N)c(C#N)c(-c2ccccc2)cc1=O. The van der Waals surface area contributed by atoms with E-state index in [0.717, 1.165) is 18.4 Å². The maximum Gasteiger partial charge on any atom is 0.252 e. The number of nitriles is 1. The third-order valence-corrected chi connectivity index (χ3v) is 3.28. The summed E-state index contributed by atoms with van der Waals surface area (Å²) in [5.74, 6) is 0.257. The van der Waals surface area contributed by atoms with Crippen LogP contribution in [0, 0.1) is 11.3 Å². The first-order valence-electron chi connectivity index (χ1n) is 6.67. The van der Waals surface area contributed by atoms with E-state index in [1.54, 1.807) is 0 Å². The maximum atomic E-state index is 12.2. The molecule has 4 heteroatoms. The molecule has 102 valence electrons. The fraction of sp³-hybridized carbons (Fsp3) is 0.250. The standard InChI is InChI=1S/C16H17N3O/c1-2-3-9-19-15(20)10-13(14(11-17)16(19)18)12-7-5-4-6-8-12/h4-8,10H,2-3,9,18H2,1H3. The van der Waals surface area contributed by atoms with E-state index in [4.69, 9.17) is 5.73 Å². The van der Waals surface area contributed by atoms with Crippen molar-refractivity contribution in [3.05, 3.63) is 52.3 Å². The largest absolute Gasteiger partial charge is 0.384 e. The number of hydrogen-bond donors (Lipinski definition) is 1. The van der Waals surface area contributed by atoms with E-state index >= 15 is 0 Å². The summed E-state index contributed by atoms with van der Waals surface area (Å²) >= 11 is 0. The van der Waals surface area contributed by atoms with Crippen LogP contribution >= 0.6 is 0 Å². The molecule has 0 unspecified atom stereocenters. The Morgan fingerprint density at radius 2 is 2.00 bits per heavy atom. The number of pyridine rings is 1. The van der Waals surface area contributed by atoms with Gasteiger partial charge in [-0.3, -0.25) is 9.36 Å². The first-order chi connectivity index (χ1) is 9.69. The normalized spacial score (nSPS) is 10.2. The van der Waals surface area contributed by atoms with Crippen LogP contribution in [-0.4, -0.2) is 4.57 Å². The molecule has 0 saturated carbocycles. The Hall–Kier alpha value is -2.54. The highest BCUT2D eigenvalue weighted by Gasteiger charge is 2.14. The summed E-state index contributed by atoms with van der Waals surface area (Å²) in [6.45, 7) is 2.59. The van der Waals surface area contributed by atoms with Gasteiger partial charge in [0, 0.05) is 18.2 Å². The third kappa shape index (κ3) is 2.57. The van der Waals surface area contributed by atoms with Crippen LogP contribution in [0.1, 0.15) is 25.3 Å². The summed E-state index contributed by atoms with van der Waals surface area (Å²) in [7, 11) is 0. The highest BCUT2D eigenvalue weighted by molar-refractivity contribution is 5.75. The fourth-order valence-electron chi connectivity index (χ4n) is 2.17. The molecule has 2 N–H and O–H groups in total. The number of rotatable bonds is 4. The molecule has 0 spiro atoms. The quantitative estimate of drug-likeness (QED) is 0.925. The summed E-state index contributed by atoms with van der Waals surface area (Å²) in [5, 5.41) is 9.36. The summed E-state index contributed by atoms with van der Waals surface area (Å²) in [4.78, 5) is 12.2. The van der Waals surface area contributed by atoms with Gasteiger partial charge in [0.05, 0.1) is 0 Å². The molecule has 1 aromatic heterocycles. The van der Waals surface area contributed by atoms with Crippen molar-refractivity contribution in [1.82, 2.24) is 4.57 Å². The predicted molar refractivity (Wildman–Crippen MR) is 80.2 cm³/mol. The number of benzene rings is 1. The zero-order valence-corrected chi connectivity index (χ0v) is 11.5. The minimum Gasteiger partial charge on any atom is -0.384 e. The molecular formula is C16H17N3O. The fourth-order valence-corrected chi connectivity index (χ4v) is 2.17. The van der Waals surface area contributed by atoms with Crippen molar-refractivity contribution >= 4 is 5.82 Å². The van der Waals surface area contributed by atoms with E-state index < -0.39 is 0 Å². The van der Waals surface area contributed by atoms with Gasteiger partial charge in [0.15, 0.2) is 0 Å². The van der Waals surface area contributed by atoms with Gasteiger partial charge in [0.25, 0.3) is 5.56 Å². The number of anilines is 1. The Morgan fingerprint density at radius 1 is 1.30 bits per heavy atom. The van der Waals surface area contributed by atoms with Crippen LogP contribution < -0.4 is 11.3 Å². The summed E-state index contributed by atoms with van der Waals surface area (Å²) in [6.07, 6.45) is 1.83. The zero-order valence-electron chi connectivity index (χ0n) is 11.5. The second-order valence-corrected chi connectivity index (χ2v) is 4.64. The van der Waals surface area contributed by atoms with Crippen molar-refractivity contribution in [2.45, 2.75) is 26.3 Å². The third-order valence-electron chi connectivity index (χ3n) is 3.28. The van der Waals surface area contributed by atoms with Gasteiger partial charge in [-0.05, 0) is 12.0 Å². The second kappa shape index (κ2) is 6.07. The van der Waals surface area contributed by atoms with Crippen LogP contribution in [0.3, 0.4) is 0 Å². The number of nitrogen functional groups attached to an aromatic ring is 1. The van der Waals surface area contributed by atoms with Gasteiger partial charge in [0.2, 0.25) is 0 Å². The average molecular weight is 267 g/mol. The van der Waals surface area contributed by atoms with Gasteiger partial charge in [-0.25, -0.2) is 0 Å². The van der Waals surface area contributed by atoms with Crippen molar-refractivity contribution < 1.29 is 0 Å². The van der Waals surface area contributed by atoms with Crippen LogP contribution in [0.2, 0.25) is 0 Å². The number of aromatic nitrogens is 1. The minimum atomic E-state index is -0.159. The molecular weight excluding hydrogens is 250 g/mol. The van der Waals surface area contributed by atoms with Crippen molar-refractivity contribution in [3.63, 3.8) is 0 Å². The Kier molecular flexibility index (Phi) is 4.21. The smallest absolute Gasteiger partial charge is 0.252 e. The van der Waals surface area contributed by atoms with E-state index in [1.807, 2.05) is 37.3 Å². The Labute approximate surface area is 118 Å². The number of nitrogens with two attached hydrogens (primary N) is 1. The first-order valence-corrected chi connectivity index (χ1v) is 6.67. The lowest BCUT2D eigenvalue weighted by molar-refractivity contribution is 0.620. The van der Waals surface area contributed by atoms with Crippen LogP contribution in [-0.2, 0) is 6.54 Å². The molecule has 2 rings (SSSR count). The van der Waals surface area contributed by atoms with Crippen molar-refractivity contribution in [3.8, 4) is 17.2 Å². The van der Waals surface area contributed by atoms with E-state index in [-0.39, 0.29) is 11.4 Å². The second-order valence-electron chi connectivity index (χ2n) is 4.64. The molecule has 20 heavy (non-hydrogen) atoms. The van der Waals surface area contributed by atoms with Crippen molar-refractivity contribution in [1.29, 1.82) is 5.26 Å². The van der Waals surface area contributed by atoms with Gasteiger partial charge in [-0.1, -0.05) is 43.7 Å². The molecule has 1 heterocycles. The molecule has 0 bridgehead atoms. The molecule has 2 aromatic rings. The zero-order chi connectivity index (χ0) is 14.5. The lowest BCUT2D eigenvalue weighted by atomic mass is 10.0. The van der Waals surface area contributed by atoms with E-state index in [1.165, 1.54) is 10.6 Å². The Morgan fingerprint density at radius 3 is 2.60 bits per heavy atom. The number of nitrogens with zero attached hydrogens (tertiary/aromatic N) is 2. The molecule has 1 aromatic carbocycles. The molecule has 4 nitrogen and oxygen atoms in total. The number of hydrogen-bond acceptors (Lipinski definition) is 3. The lowest BCUT2D eigenvalue weighted by Crippen LogP contribution is -2.24. The van der Waals surface area contributed by atoms with Crippen LogP contribution in [0.5, 0.6) is 0 Å². The predicted octanol–water partition coefficient (Wildman–Crippen LogP) is 2.77. The summed E-state index contributed by atoms with van der Waals surface area (Å²) in [5.41, 5.74) is 7.65. The van der Waals surface area contributed by atoms with Gasteiger partial charge >= 0.3 is 0 Å². The molecule has 0 aliphatic carbocycles. The van der Waals surface area contributed by atoms with Crippen molar-refractivity contribution in [2.75, 3.05) is 5.73 Å². The maximum absolute atomic E-state index is 12.2. The van der Waals surface area contributed by atoms with Gasteiger partial charge in [0.1, 0.15) is 17.5 Å². The van der Waals surface area contributed by atoms with Crippen LogP contribution in [0.15, 0.2) is 41.2 Å². The highest BCUT2D eigenvalue weighted by atomic mass is 16.1. The molecule has 0 atom stereocenters. The highest BCUT2D eigenvalue weighted by Crippen LogP contribution is 2.25. The van der Waals surface area contributed by atoms with Gasteiger partial charge in [-0.15, -0.1) is 0 Å². The number of unbranched alkanes of at least 4 members (excludes halogenated alkanes) is 1. The molecule has 0 amide bonds. The molecule has 0 radical (unpaired) electrons. The lowest BCUT2D eigenvalue weighted by Gasteiger charge is -2.13. The monoisotopic (exact) mass is 267 g/mol. The molecule has 0 aliphatic rings. The molecule has 0 saturated heterocycles. The average Bonchev–Trinajstić information content (AvgIpc) is 2.47. The topological polar surface area (TPSA) is 71.8 Å². The van der Waals surface area contributed by atoms with Crippen LogP contribution in [0.4, 0.5) is 5.82 Å². The van der Waals surface area contributed by atoms with Gasteiger partial charge < -0.3 is 5.73 Å². The van der Waals surface area contributed by atoms with E-state index in [9.17, 15) is 10.1 Å². The first kappa shape index (κ1) is 13.9. The summed E-state index contributed by atoms with van der Waals surface area (Å²) in [6, 6.07) is 13.0. The summed E-state index contributed by atoms with van der Waals surface area (Å²) < 4.78 is 1.48. The van der Waals surface area contributed by atoms with E-state index in [2.05, 4.69) is 6.07 Å². The molecule has 0 fully saturated rings. The molecule has 0 aliphatic heterocycles. The van der Waals surface area contributed by atoms with Gasteiger partial charge in [-0.2, -0.15) is 5.26 Å². The van der Waals surface area contributed by atoms with Crippen LogP contribution in [0.25, 0.3) is 11.1 Å². The Bertz CT molecular complexity index is 696. The Balaban J connectivity index is 2.62. The minimum absolute atomic E-state index is 0.159. The van der Waals surface area contributed by atoms with Crippen molar-refractivity contribution in [2.24, 2.45) is 0 Å². The van der Waals surface area contributed by atoms with E-state index in [0.29, 0.717) is 17.7 Å².